The molecule has 4 heteroatoms. The van der Waals surface area contributed by atoms with Crippen LogP contribution in [-0.2, 0) is 11.2 Å². The number of carbonyl (C=O) groups is 1. The summed E-state index contributed by atoms with van der Waals surface area (Å²) in [5, 5.41) is 3.45. The van der Waals surface area contributed by atoms with E-state index in [2.05, 4.69) is 21.2 Å². The molecule has 18 heavy (non-hydrogen) atoms. The fourth-order valence-electron chi connectivity index (χ4n) is 1.56. The van der Waals surface area contributed by atoms with E-state index in [1.165, 1.54) is 0 Å². The van der Waals surface area contributed by atoms with E-state index in [9.17, 15) is 4.79 Å². The molecule has 0 spiro atoms. The van der Waals surface area contributed by atoms with Crippen molar-refractivity contribution in [1.82, 2.24) is 0 Å². The number of hydrogen-bond donors (Lipinski definition) is 1. The predicted molar refractivity (Wildman–Crippen MR) is 77.9 cm³/mol. The average Bonchev–Trinajstić information content (AvgIpc) is 2.35. The minimum Gasteiger partial charge on any atom is -0.326 e. The molecule has 2 rings (SSSR count). The average molecular weight is 325 g/mol. The summed E-state index contributed by atoms with van der Waals surface area (Å²) >= 11 is 9.21. The molecule has 0 aliphatic heterocycles. The Bertz CT molecular complexity index is 557. The molecule has 0 heterocycles. The molecular weight excluding hydrogens is 314 g/mol. The van der Waals surface area contributed by atoms with Gasteiger partial charge in [0.1, 0.15) is 0 Å². The van der Waals surface area contributed by atoms with E-state index in [0.717, 1.165) is 15.7 Å². The van der Waals surface area contributed by atoms with E-state index in [-0.39, 0.29) is 5.91 Å². The summed E-state index contributed by atoms with van der Waals surface area (Å²) in [7, 11) is 0. The largest absolute Gasteiger partial charge is 0.326 e. The lowest BCUT2D eigenvalue weighted by molar-refractivity contribution is -0.115. The number of benzene rings is 2. The summed E-state index contributed by atoms with van der Waals surface area (Å²) in [5.74, 6) is -0.0459. The van der Waals surface area contributed by atoms with Gasteiger partial charge in [0.2, 0.25) is 5.91 Å². The van der Waals surface area contributed by atoms with Gasteiger partial charge >= 0.3 is 0 Å². The van der Waals surface area contributed by atoms with Gasteiger partial charge in [0.25, 0.3) is 0 Å². The van der Waals surface area contributed by atoms with Crippen molar-refractivity contribution in [2.24, 2.45) is 0 Å². The van der Waals surface area contributed by atoms with E-state index in [1.807, 2.05) is 30.3 Å². The third-order valence-corrected chi connectivity index (χ3v) is 3.62. The lowest BCUT2D eigenvalue weighted by atomic mass is 10.1. The highest BCUT2D eigenvalue weighted by molar-refractivity contribution is 9.10. The number of amides is 1. The number of carbonyl (C=O) groups excluding carboxylic acids is 1. The molecule has 2 nitrogen and oxygen atoms in total. The molecule has 1 N–H and O–H groups in total. The Morgan fingerprint density at radius 1 is 1.17 bits per heavy atom. The third-order valence-electron chi connectivity index (χ3n) is 2.41. The molecule has 0 radical (unpaired) electrons. The van der Waals surface area contributed by atoms with Gasteiger partial charge in [-0.2, -0.15) is 0 Å². The fraction of sp³-hybridized carbons (Fsp3) is 0.0714. The molecule has 0 bridgehead atoms. The van der Waals surface area contributed by atoms with Gasteiger partial charge in [0.05, 0.1) is 11.4 Å². The van der Waals surface area contributed by atoms with Gasteiger partial charge < -0.3 is 5.32 Å². The lowest BCUT2D eigenvalue weighted by Crippen LogP contribution is -2.14. The van der Waals surface area contributed by atoms with Gasteiger partial charge in [0.15, 0.2) is 0 Å². The zero-order valence-electron chi connectivity index (χ0n) is 9.49. The second-order valence-electron chi connectivity index (χ2n) is 3.84. The van der Waals surface area contributed by atoms with Crippen LogP contribution in [0.2, 0.25) is 5.02 Å². The maximum atomic E-state index is 11.8. The Morgan fingerprint density at radius 2 is 1.89 bits per heavy atom. The summed E-state index contributed by atoms with van der Waals surface area (Å²) in [4.78, 5) is 11.8. The van der Waals surface area contributed by atoms with Crippen molar-refractivity contribution in [3.63, 3.8) is 0 Å². The van der Waals surface area contributed by atoms with Crippen LogP contribution in [0.3, 0.4) is 0 Å². The molecule has 0 fully saturated rings. The van der Waals surface area contributed by atoms with Crippen LogP contribution in [0.1, 0.15) is 5.56 Å². The Morgan fingerprint density at radius 3 is 2.56 bits per heavy atom. The lowest BCUT2D eigenvalue weighted by Gasteiger charge is -2.06. The minimum atomic E-state index is -0.0459. The molecule has 2 aromatic carbocycles. The first-order chi connectivity index (χ1) is 8.65. The summed E-state index contributed by atoms with van der Waals surface area (Å²) < 4.78 is 0.765. The molecule has 0 aliphatic rings. The van der Waals surface area contributed by atoms with Crippen molar-refractivity contribution in [2.75, 3.05) is 5.32 Å². The van der Waals surface area contributed by atoms with Gasteiger partial charge in [-0.1, -0.05) is 41.9 Å². The molecule has 0 saturated carbocycles. The van der Waals surface area contributed by atoms with Gasteiger partial charge in [0, 0.05) is 10.2 Å². The number of halogens is 2. The first-order valence-electron chi connectivity index (χ1n) is 5.44. The summed E-state index contributed by atoms with van der Waals surface area (Å²) in [5.41, 5.74) is 1.72. The van der Waals surface area contributed by atoms with Gasteiger partial charge in [-0.05, 0) is 39.7 Å². The minimum absolute atomic E-state index is 0.0459. The highest BCUT2D eigenvalue weighted by atomic mass is 79.9. The fourth-order valence-corrected chi connectivity index (χ4v) is 2.06. The van der Waals surface area contributed by atoms with Crippen LogP contribution in [0.25, 0.3) is 0 Å². The SMILES string of the molecule is O=C(Cc1ccccc1)Nc1ccc(Cl)c(Br)c1. The topological polar surface area (TPSA) is 29.1 Å². The second-order valence-corrected chi connectivity index (χ2v) is 5.10. The Hall–Kier alpha value is -1.32. The monoisotopic (exact) mass is 323 g/mol. The summed E-state index contributed by atoms with van der Waals surface area (Å²) in [6.07, 6.45) is 0.362. The molecule has 0 saturated heterocycles. The van der Waals surface area contributed by atoms with Gasteiger partial charge in [-0.3, -0.25) is 4.79 Å². The molecular formula is C14H11BrClNO. The predicted octanol–water partition coefficient (Wildman–Crippen LogP) is 4.28. The maximum absolute atomic E-state index is 11.8. The number of anilines is 1. The van der Waals surface area contributed by atoms with Crippen LogP contribution in [0.4, 0.5) is 5.69 Å². The Labute approximate surface area is 119 Å². The maximum Gasteiger partial charge on any atom is 0.228 e. The molecule has 0 atom stereocenters. The van der Waals surface area contributed by atoms with Crippen LogP contribution in [0.5, 0.6) is 0 Å². The van der Waals surface area contributed by atoms with Gasteiger partial charge in [-0.25, -0.2) is 0 Å². The molecule has 92 valence electrons. The van der Waals surface area contributed by atoms with Crippen molar-refractivity contribution in [3.8, 4) is 0 Å². The van der Waals surface area contributed by atoms with Crippen LogP contribution >= 0.6 is 27.5 Å². The van der Waals surface area contributed by atoms with Crippen LogP contribution in [0.15, 0.2) is 53.0 Å². The van der Waals surface area contributed by atoms with E-state index in [1.54, 1.807) is 18.2 Å². The van der Waals surface area contributed by atoms with Crippen LogP contribution in [-0.4, -0.2) is 5.91 Å². The number of hydrogen-bond acceptors (Lipinski definition) is 1. The standard InChI is InChI=1S/C14H11BrClNO/c15-12-9-11(6-7-13(12)16)17-14(18)8-10-4-2-1-3-5-10/h1-7,9H,8H2,(H,17,18). The van der Waals surface area contributed by atoms with Crippen molar-refractivity contribution in [1.29, 1.82) is 0 Å². The third kappa shape index (κ3) is 3.59. The molecule has 2 aromatic rings. The van der Waals surface area contributed by atoms with Crippen molar-refractivity contribution >= 4 is 39.1 Å². The quantitative estimate of drug-likeness (QED) is 0.897. The van der Waals surface area contributed by atoms with Crippen LogP contribution in [0, 0.1) is 0 Å². The molecule has 1 amide bonds. The molecule has 0 unspecified atom stereocenters. The number of rotatable bonds is 3. The zero-order chi connectivity index (χ0) is 13.0. The Kier molecular flexibility index (Phi) is 4.39. The van der Waals surface area contributed by atoms with Crippen LogP contribution < -0.4 is 5.32 Å². The summed E-state index contributed by atoms with van der Waals surface area (Å²) in [6.45, 7) is 0. The number of nitrogens with one attached hydrogen (secondary N) is 1. The highest BCUT2D eigenvalue weighted by Gasteiger charge is 2.05. The first-order valence-corrected chi connectivity index (χ1v) is 6.61. The normalized spacial score (nSPS) is 10.1. The zero-order valence-corrected chi connectivity index (χ0v) is 11.8. The van der Waals surface area contributed by atoms with Crippen molar-refractivity contribution in [2.45, 2.75) is 6.42 Å². The Balaban J connectivity index is 2.01. The van der Waals surface area contributed by atoms with E-state index in [4.69, 9.17) is 11.6 Å². The van der Waals surface area contributed by atoms with E-state index < -0.39 is 0 Å². The highest BCUT2D eigenvalue weighted by Crippen LogP contribution is 2.25. The summed E-state index contributed by atoms with van der Waals surface area (Å²) in [6, 6.07) is 14.9. The second kappa shape index (κ2) is 6.03. The van der Waals surface area contributed by atoms with Gasteiger partial charge in [-0.15, -0.1) is 0 Å². The molecule has 0 aromatic heterocycles. The smallest absolute Gasteiger partial charge is 0.228 e. The van der Waals surface area contributed by atoms with Crippen molar-refractivity contribution in [3.05, 3.63) is 63.6 Å². The molecule has 0 aliphatic carbocycles. The van der Waals surface area contributed by atoms with E-state index >= 15 is 0 Å². The first kappa shape index (κ1) is 13.1. The van der Waals surface area contributed by atoms with E-state index in [0.29, 0.717) is 11.4 Å². The van der Waals surface area contributed by atoms with Crippen molar-refractivity contribution < 1.29 is 4.79 Å².